The van der Waals surface area contributed by atoms with E-state index in [0.29, 0.717) is 12.1 Å². The Morgan fingerprint density at radius 3 is 3.05 bits per heavy atom. The fraction of sp³-hybridized carbons (Fsp3) is 0.533. The molecule has 0 saturated carbocycles. The van der Waals surface area contributed by atoms with E-state index in [1.54, 1.807) is 0 Å². The molecule has 2 aromatic heterocycles. The molecule has 0 aliphatic carbocycles. The Morgan fingerprint density at radius 1 is 1.42 bits per heavy atom. The standard InChI is InChI=1S/C15H22N4/c1-11-5-4-6-18-9-14(17-15(11)18)10-19-8-12(2)16-7-13(19)3/h4-6,9,12-13,16H,7-8,10H2,1-3H3. The van der Waals surface area contributed by atoms with Gasteiger partial charge in [0.1, 0.15) is 5.65 Å². The zero-order valence-corrected chi connectivity index (χ0v) is 11.9. The van der Waals surface area contributed by atoms with Gasteiger partial charge in [0.05, 0.1) is 5.69 Å². The Morgan fingerprint density at radius 2 is 2.26 bits per heavy atom. The Labute approximate surface area is 114 Å². The van der Waals surface area contributed by atoms with Crippen molar-refractivity contribution in [1.29, 1.82) is 0 Å². The number of pyridine rings is 1. The number of rotatable bonds is 2. The lowest BCUT2D eigenvalue weighted by Crippen LogP contribution is -2.53. The van der Waals surface area contributed by atoms with Crippen molar-refractivity contribution in [2.24, 2.45) is 0 Å². The molecule has 2 atom stereocenters. The summed E-state index contributed by atoms with van der Waals surface area (Å²) in [6.07, 6.45) is 4.23. The Balaban J connectivity index is 1.83. The van der Waals surface area contributed by atoms with E-state index in [1.807, 2.05) is 0 Å². The van der Waals surface area contributed by atoms with E-state index in [0.717, 1.165) is 31.0 Å². The minimum atomic E-state index is 0.565. The van der Waals surface area contributed by atoms with Gasteiger partial charge in [-0.25, -0.2) is 4.98 Å². The first-order chi connectivity index (χ1) is 9.13. The smallest absolute Gasteiger partial charge is 0.139 e. The molecule has 4 heteroatoms. The summed E-state index contributed by atoms with van der Waals surface area (Å²) >= 11 is 0. The third-order valence-corrected chi connectivity index (χ3v) is 3.99. The van der Waals surface area contributed by atoms with Crippen molar-refractivity contribution in [3.05, 3.63) is 35.8 Å². The van der Waals surface area contributed by atoms with Crippen molar-refractivity contribution in [2.45, 2.75) is 39.4 Å². The molecule has 0 aromatic carbocycles. The van der Waals surface area contributed by atoms with E-state index in [-0.39, 0.29) is 0 Å². The average Bonchev–Trinajstić information content (AvgIpc) is 2.78. The molecule has 3 heterocycles. The predicted molar refractivity (Wildman–Crippen MR) is 77.3 cm³/mol. The van der Waals surface area contributed by atoms with Gasteiger partial charge in [-0.3, -0.25) is 4.90 Å². The Kier molecular flexibility index (Phi) is 3.29. The predicted octanol–water partition coefficient (Wildman–Crippen LogP) is 1.82. The highest BCUT2D eigenvalue weighted by Crippen LogP contribution is 2.14. The van der Waals surface area contributed by atoms with Gasteiger partial charge in [-0.15, -0.1) is 0 Å². The molecule has 1 saturated heterocycles. The quantitative estimate of drug-likeness (QED) is 0.892. The van der Waals surface area contributed by atoms with Crippen LogP contribution in [-0.4, -0.2) is 39.5 Å². The number of hydrogen-bond donors (Lipinski definition) is 1. The maximum Gasteiger partial charge on any atom is 0.139 e. The Bertz CT molecular complexity index is 575. The van der Waals surface area contributed by atoms with E-state index >= 15 is 0 Å². The molecule has 1 aliphatic heterocycles. The zero-order valence-electron chi connectivity index (χ0n) is 11.9. The number of fused-ring (bicyclic) bond motifs is 1. The first-order valence-corrected chi connectivity index (χ1v) is 7.04. The molecule has 0 bridgehead atoms. The maximum atomic E-state index is 4.77. The number of aryl methyl sites for hydroxylation is 1. The van der Waals surface area contributed by atoms with E-state index in [4.69, 9.17) is 4.98 Å². The fourth-order valence-electron chi connectivity index (χ4n) is 2.81. The van der Waals surface area contributed by atoms with Crippen LogP contribution in [0.4, 0.5) is 0 Å². The minimum Gasteiger partial charge on any atom is -0.311 e. The molecule has 2 unspecified atom stereocenters. The first kappa shape index (κ1) is 12.6. The van der Waals surface area contributed by atoms with Gasteiger partial charge in [-0.2, -0.15) is 0 Å². The van der Waals surface area contributed by atoms with E-state index in [2.05, 4.69) is 59.9 Å². The number of hydrogen-bond acceptors (Lipinski definition) is 3. The van der Waals surface area contributed by atoms with Gasteiger partial charge in [-0.05, 0) is 32.4 Å². The average molecular weight is 258 g/mol. The minimum absolute atomic E-state index is 0.565. The number of aromatic nitrogens is 2. The summed E-state index contributed by atoms with van der Waals surface area (Å²) < 4.78 is 2.13. The molecular formula is C15H22N4. The number of nitrogens with zero attached hydrogens (tertiary/aromatic N) is 3. The van der Waals surface area contributed by atoms with Crippen LogP contribution in [0, 0.1) is 6.92 Å². The number of imidazole rings is 1. The lowest BCUT2D eigenvalue weighted by Gasteiger charge is -2.37. The summed E-state index contributed by atoms with van der Waals surface area (Å²) in [7, 11) is 0. The summed E-state index contributed by atoms with van der Waals surface area (Å²) in [4.78, 5) is 7.28. The van der Waals surface area contributed by atoms with E-state index in [9.17, 15) is 0 Å². The van der Waals surface area contributed by atoms with Crippen LogP contribution in [0.1, 0.15) is 25.1 Å². The largest absolute Gasteiger partial charge is 0.311 e. The number of nitrogens with one attached hydrogen (secondary N) is 1. The van der Waals surface area contributed by atoms with Gasteiger partial charge in [0, 0.05) is 44.1 Å². The molecular weight excluding hydrogens is 236 g/mol. The molecule has 0 spiro atoms. The third kappa shape index (κ3) is 2.51. The van der Waals surface area contributed by atoms with Crippen molar-refractivity contribution in [3.63, 3.8) is 0 Å². The second kappa shape index (κ2) is 4.94. The molecule has 4 nitrogen and oxygen atoms in total. The van der Waals surface area contributed by atoms with Gasteiger partial charge < -0.3 is 9.72 Å². The van der Waals surface area contributed by atoms with Crippen LogP contribution in [0.3, 0.4) is 0 Å². The SMILES string of the molecule is Cc1cccn2cc(CN3CC(C)NCC3C)nc12. The molecule has 19 heavy (non-hydrogen) atoms. The molecule has 1 N–H and O–H groups in total. The Hall–Kier alpha value is -1.39. The van der Waals surface area contributed by atoms with Crippen LogP contribution in [0.2, 0.25) is 0 Å². The summed E-state index contributed by atoms with van der Waals surface area (Å²) in [5.74, 6) is 0. The topological polar surface area (TPSA) is 32.6 Å². The molecule has 102 valence electrons. The molecule has 1 fully saturated rings. The molecule has 1 aliphatic rings. The van der Waals surface area contributed by atoms with Gasteiger partial charge in [-0.1, -0.05) is 6.07 Å². The number of piperazine rings is 1. The van der Waals surface area contributed by atoms with E-state index in [1.165, 1.54) is 5.56 Å². The second-order valence-electron chi connectivity index (χ2n) is 5.74. The normalized spacial score (nSPS) is 25.0. The molecule has 3 rings (SSSR count). The summed E-state index contributed by atoms with van der Waals surface area (Å²) in [5, 5.41) is 3.52. The van der Waals surface area contributed by atoms with Crippen LogP contribution in [0.15, 0.2) is 24.5 Å². The highest BCUT2D eigenvalue weighted by Gasteiger charge is 2.22. The third-order valence-electron chi connectivity index (χ3n) is 3.99. The fourth-order valence-corrected chi connectivity index (χ4v) is 2.81. The van der Waals surface area contributed by atoms with Gasteiger partial charge in [0.15, 0.2) is 0 Å². The lowest BCUT2D eigenvalue weighted by atomic mass is 10.1. The summed E-state index contributed by atoms with van der Waals surface area (Å²) in [5.41, 5.74) is 3.47. The van der Waals surface area contributed by atoms with Crippen LogP contribution in [0.5, 0.6) is 0 Å². The van der Waals surface area contributed by atoms with Gasteiger partial charge in [0.2, 0.25) is 0 Å². The van der Waals surface area contributed by atoms with Crippen LogP contribution in [0.25, 0.3) is 5.65 Å². The highest BCUT2D eigenvalue weighted by atomic mass is 15.2. The van der Waals surface area contributed by atoms with Crippen LogP contribution < -0.4 is 5.32 Å². The zero-order chi connectivity index (χ0) is 13.4. The lowest BCUT2D eigenvalue weighted by molar-refractivity contribution is 0.137. The summed E-state index contributed by atoms with van der Waals surface area (Å²) in [6, 6.07) is 5.32. The van der Waals surface area contributed by atoms with Crippen molar-refractivity contribution in [1.82, 2.24) is 19.6 Å². The van der Waals surface area contributed by atoms with Crippen LogP contribution in [-0.2, 0) is 6.54 Å². The van der Waals surface area contributed by atoms with Crippen molar-refractivity contribution in [2.75, 3.05) is 13.1 Å². The second-order valence-corrected chi connectivity index (χ2v) is 5.74. The van der Waals surface area contributed by atoms with Gasteiger partial charge in [0.25, 0.3) is 0 Å². The maximum absolute atomic E-state index is 4.77. The summed E-state index contributed by atoms with van der Waals surface area (Å²) in [6.45, 7) is 9.73. The molecule has 2 aromatic rings. The van der Waals surface area contributed by atoms with Crippen molar-refractivity contribution < 1.29 is 0 Å². The highest BCUT2D eigenvalue weighted by molar-refractivity contribution is 5.47. The van der Waals surface area contributed by atoms with Gasteiger partial charge >= 0.3 is 0 Å². The first-order valence-electron chi connectivity index (χ1n) is 7.04. The van der Waals surface area contributed by atoms with Crippen molar-refractivity contribution in [3.8, 4) is 0 Å². The van der Waals surface area contributed by atoms with Crippen LogP contribution >= 0.6 is 0 Å². The van der Waals surface area contributed by atoms with E-state index < -0.39 is 0 Å². The monoisotopic (exact) mass is 258 g/mol. The molecule has 0 amide bonds. The molecule has 0 radical (unpaired) electrons. The van der Waals surface area contributed by atoms with Crippen molar-refractivity contribution >= 4 is 5.65 Å².